The summed E-state index contributed by atoms with van der Waals surface area (Å²) in [6.07, 6.45) is 0.136. The van der Waals surface area contributed by atoms with Crippen LogP contribution in [0, 0.1) is 0 Å². The van der Waals surface area contributed by atoms with E-state index in [-0.39, 0.29) is 12.1 Å². The molecule has 1 heterocycles. The number of β-amino-alcohol motifs (C(OH)–C–C–N with tert-alkyl or cyclic N) is 1. The monoisotopic (exact) mass is 227 g/mol. The molecule has 1 unspecified atom stereocenters. The fourth-order valence-electron chi connectivity index (χ4n) is 2.01. The highest BCUT2D eigenvalue weighted by Crippen LogP contribution is 2.29. The number of halogens is 2. The molecule has 1 fully saturated rings. The molecule has 1 aliphatic heterocycles. The lowest BCUT2D eigenvalue weighted by molar-refractivity contribution is -0.0347. The summed E-state index contributed by atoms with van der Waals surface area (Å²) in [5.41, 5.74) is 0.0383. The molecule has 0 bridgehead atoms. The van der Waals surface area contributed by atoms with Crippen LogP contribution in [0.2, 0.25) is 0 Å². The molecular formula is C12H15F2NO. The quantitative estimate of drug-likeness (QED) is 0.851. The van der Waals surface area contributed by atoms with E-state index in [0.29, 0.717) is 19.5 Å². The number of benzene rings is 1. The SMILES string of the molecule is OC1CCN(CC(F)(F)c2ccccc2)C1. The van der Waals surface area contributed by atoms with Crippen LogP contribution in [0.15, 0.2) is 30.3 Å². The predicted molar refractivity (Wildman–Crippen MR) is 57.4 cm³/mol. The summed E-state index contributed by atoms with van der Waals surface area (Å²) in [7, 11) is 0. The molecule has 1 aromatic rings. The summed E-state index contributed by atoms with van der Waals surface area (Å²) < 4.78 is 27.6. The number of alkyl halides is 2. The zero-order valence-corrected chi connectivity index (χ0v) is 8.94. The molecule has 0 aliphatic carbocycles. The van der Waals surface area contributed by atoms with Crippen molar-refractivity contribution in [1.29, 1.82) is 0 Å². The van der Waals surface area contributed by atoms with Gasteiger partial charge in [-0.3, -0.25) is 4.90 Å². The molecule has 4 heteroatoms. The van der Waals surface area contributed by atoms with Crippen LogP contribution in [-0.2, 0) is 5.92 Å². The van der Waals surface area contributed by atoms with E-state index in [1.807, 2.05) is 0 Å². The summed E-state index contributed by atoms with van der Waals surface area (Å²) in [5.74, 6) is -2.84. The first-order valence-corrected chi connectivity index (χ1v) is 5.42. The van der Waals surface area contributed by atoms with Crippen LogP contribution in [-0.4, -0.2) is 35.7 Å². The van der Waals surface area contributed by atoms with Gasteiger partial charge in [-0.05, 0) is 6.42 Å². The Labute approximate surface area is 93.5 Å². The van der Waals surface area contributed by atoms with Gasteiger partial charge in [0.15, 0.2) is 0 Å². The van der Waals surface area contributed by atoms with E-state index >= 15 is 0 Å². The molecule has 1 saturated heterocycles. The highest BCUT2D eigenvalue weighted by atomic mass is 19.3. The summed E-state index contributed by atoms with van der Waals surface area (Å²) in [5, 5.41) is 9.28. The third-order valence-electron chi connectivity index (χ3n) is 2.87. The summed E-state index contributed by atoms with van der Waals surface area (Å²) in [6.45, 7) is 0.583. The van der Waals surface area contributed by atoms with E-state index < -0.39 is 12.0 Å². The maximum absolute atomic E-state index is 13.8. The Hall–Kier alpha value is -1.00. The summed E-state index contributed by atoms with van der Waals surface area (Å²) in [6, 6.07) is 7.82. The van der Waals surface area contributed by atoms with Gasteiger partial charge >= 0.3 is 0 Å². The van der Waals surface area contributed by atoms with Crippen molar-refractivity contribution in [2.75, 3.05) is 19.6 Å². The van der Waals surface area contributed by atoms with Gasteiger partial charge in [-0.25, -0.2) is 0 Å². The van der Waals surface area contributed by atoms with Crippen molar-refractivity contribution in [1.82, 2.24) is 4.90 Å². The molecule has 2 nitrogen and oxygen atoms in total. The minimum atomic E-state index is -2.84. The third-order valence-corrected chi connectivity index (χ3v) is 2.87. The van der Waals surface area contributed by atoms with Gasteiger partial charge in [0.1, 0.15) is 0 Å². The molecule has 1 atom stereocenters. The second-order valence-corrected chi connectivity index (χ2v) is 4.25. The highest BCUT2D eigenvalue weighted by molar-refractivity contribution is 5.20. The number of likely N-dealkylation sites (tertiary alicyclic amines) is 1. The number of aliphatic hydroxyl groups is 1. The van der Waals surface area contributed by atoms with Gasteiger partial charge in [0.25, 0.3) is 5.92 Å². The fourth-order valence-corrected chi connectivity index (χ4v) is 2.01. The molecule has 0 aromatic heterocycles. The lowest BCUT2D eigenvalue weighted by atomic mass is 10.1. The van der Waals surface area contributed by atoms with Crippen molar-refractivity contribution in [2.24, 2.45) is 0 Å². The molecule has 1 aromatic carbocycles. The lowest BCUT2D eigenvalue weighted by Gasteiger charge is -2.23. The van der Waals surface area contributed by atoms with Crippen LogP contribution < -0.4 is 0 Å². The van der Waals surface area contributed by atoms with Gasteiger partial charge in [-0.1, -0.05) is 30.3 Å². The van der Waals surface area contributed by atoms with Crippen LogP contribution in [0.25, 0.3) is 0 Å². The Morgan fingerprint density at radius 1 is 1.31 bits per heavy atom. The van der Waals surface area contributed by atoms with Gasteiger partial charge < -0.3 is 5.11 Å². The van der Waals surface area contributed by atoms with E-state index in [0.717, 1.165) is 0 Å². The Morgan fingerprint density at radius 2 is 2.00 bits per heavy atom. The van der Waals surface area contributed by atoms with Gasteiger partial charge in [0.05, 0.1) is 12.6 Å². The van der Waals surface area contributed by atoms with Gasteiger partial charge in [-0.15, -0.1) is 0 Å². The van der Waals surface area contributed by atoms with Crippen molar-refractivity contribution in [3.05, 3.63) is 35.9 Å². The maximum atomic E-state index is 13.8. The van der Waals surface area contributed by atoms with Gasteiger partial charge in [-0.2, -0.15) is 8.78 Å². The Balaban J connectivity index is 2.03. The lowest BCUT2D eigenvalue weighted by Crippen LogP contribution is -2.34. The minimum Gasteiger partial charge on any atom is -0.392 e. The second-order valence-electron chi connectivity index (χ2n) is 4.25. The van der Waals surface area contributed by atoms with E-state index in [1.54, 1.807) is 23.1 Å². The molecule has 0 saturated carbocycles. The Bertz CT molecular complexity index is 342. The minimum absolute atomic E-state index is 0.0383. The Morgan fingerprint density at radius 3 is 2.56 bits per heavy atom. The van der Waals surface area contributed by atoms with Crippen molar-refractivity contribution in [2.45, 2.75) is 18.4 Å². The van der Waals surface area contributed by atoms with E-state index in [4.69, 9.17) is 0 Å². The number of hydrogen-bond acceptors (Lipinski definition) is 2. The van der Waals surface area contributed by atoms with Crippen LogP contribution >= 0.6 is 0 Å². The van der Waals surface area contributed by atoms with Crippen molar-refractivity contribution < 1.29 is 13.9 Å². The van der Waals surface area contributed by atoms with Crippen LogP contribution in [0.3, 0.4) is 0 Å². The van der Waals surface area contributed by atoms with E-state index in [1.165, 1.54) is 12.1 Å². The van der Waals surface area contributed by atoms with Crippen LogP contribution in [0.4, 0.5) is 8.78 Å². The summed E-state index contributed by atoms with van der Waals surface area (Å²) >= 11 is 0. The molecule has 0 radical (unpaired) electrons. The standard InChI is InChI=1S/C12H15F2NO/c13-12(14,10-4-2-1-3-5-10)9-15-7-6-11(16)8-15/h1-5,11,16H,6-9H2. The smallest absolute Gasteiger partial charge is 0.285 e. The van der Waals surface area contributed by atoms with Crippen molar-refractivity contribution >= 4 is 0 Å². The first kappa shape index (κ1) is 11.5. The molecule has 1 N–H and O–H groups in total. The first-order chi connectivity index (χ1) is 7.58. The van der Waals surface area contributed by atoms with Crippen molar-refractivity contribution in [3.63, 3.8) is 0 Å². The zero-order valence-electron chi connectivity index (χ0n) is 8.94. The maximum Gasteiger partial charge on any atom is 0.285 e. The van der Waals surface area contributed by atoms with E-state index in [2.05, 4.69) is 0 Å². The average molecular weight is 227 g/mol. The molecular weight excluding hydrogens is 212 g/mol. The zero-order chi connectivity index (χ0) is 11.6. The largest absolute Gasteiger partial charge is 0.392 e. The second kappa shape index (κ2) is 4.47. The van der Waals surface area contributed by atoms with Gasteiger partial charge in [0.2, 0.25) is 0 Å². The molecule has 0 spiro atoms. The van der Waals surface area contributed by atoms with Crippen LogP contribution in [0.5, 0.6) is 0 Å². The number of rotatable bonds is 3. The fraction of sp³-hybridized carbons (Fsp3) is 0.500. The molecule has 1 aliphatic rings. The number of nitrogens with zero attached hydrogens (tertiary/aromatic N) is 1. The highest BCUT2D eigenvalue weighted by Gasteiger charge is 2.35. The third kappa shape index (κ3) is 2.57. The normalized spacial score (nSPS) is 22.6. The molecule has 0 amide bonds. The summed E-state index contributed by atoms with van der Waals surface area (Å²) in [4.78, 5) is 1.61. The Kier molecular flexibility index (Phi) is 3.21. The molecule has 2 rings (SSSR count). The van der Waals surface area contributed by atoms with Crippen molar-refractivity contribution in [3.8, 4) is 0 Å². The predicted octanol–water partition coefficient (Wildman–Crippen LogP) is 1.85. The first-order valence-electron chi connectivity index (χ1n) is 5.42. The van der Waals surface area contributed by atoms with E-state index in [9.17, 15) is 13.9 Å². The van der Waals surface area contributed by atoms with Crippen LogP contribution in [0.1, 0.15) is 12.0 Å². The van der Waals surface area contributed by atoms with Gasteiger partial charge in [0, 0.05) is 18.7 Å². The number of hydrogen-bond donors (Lipinski definition) is 1. The molecule has 16 heavy (non-hydrogen) atoms. The number of aliphatic hydroxyl groups excluding tert-OH is 1. The molecule has 88 valence electrons. The average Bonchev–Trinajstić information content (AvgIpc) is 2.64. The topological polar surface area (TPSA) is 23.5 Å².